The third-order valence-electron chi connectivity index (χ3n) is 4.59. The number of nitrogens with one attached hydrogen (secondary N) is 1. The fraction of sp³-hybridized carbons (Fsp3) is 0.143. The quantitative estimate of drug-likeness (QED) is 0.593. The molecule has 0 radical (unpaired) electrons. The van der Waals surface area contributed by atoms with E-state index in [0.717, 1.165) is 27.8 Å². The van der Waals surface area contributed by atoms with Gasteiger partial charge in [0.25, 0.3) is 17.1 Å². The number of tetrazole rings is 1. The normalized spacial score (nSPS) is 15.0. The van der Waals surface area contributed by atoms with E-state index in [1.807, 2.05) is 31.2 Å². The zero-order valence-electron chi connectivity index (χ0n) is 16.6. The van der Waals surface area contributed by atoms with Gasteiger partial charge in [0, 0.05) is 18.7 Å². The first-order chi connectivity index (χ1) is 15.0. The van der Waals surface area contributed by atoms with Crippen LogP contribution in [0, 0.1) is 6.92 Å². The van der Waals surface area contributed by atoms with Crippen molar-refractivity contribution < 1.29 is 14.4 Å². The summed E-state index contributed by atoms with van der Waals surface area (Å²) >= 11 is 0.901. The average Bonchev–Trinajstić information content (AvgIpc) is 3.40. The van der Waals surface area contributed by atoms with Crippen molar-refractivity contribution in [3.63, 3.8) is 0 Å². The number of aryl methyl sites for hydroxylation is 1. The van der Waals surface area contributed by atoms with E-state index in [1.165, 1.54) is 11.0 Å². The van der Waals surface area contributed by atoms with Gasteiger partial charge in [-0.3, -0.25) is 19.3 Å². The Hall–Kier alpha value is -3.79. The second-order valence-corrected chi connectivity index (χ2v) is 7.80. The number of carbonyl (C=O) groups excluding carboxylic acids is 3. The van der Waals surface area contributed by atoms with E-state index >= 15 is 0 Å². The minimum Gasteiger partial charge on any atom is -0.350 e. The SMILES string of the molecule is Cc1ccc(/C=C2\SC(=O)N(CCNC(=O)c3cccc(-n4cnnn4)c3)C2=O)cc1. The molecule has 3 amide bonds. The maximum absolute atomic E-state index is 12.6. The largest absolute Gasteiger partial charge is 0.350 e. The van der Waals surface area contributed by atoms with Crippen molar-refractivity contribution in [2.45, 2.75) is 6.92 Å². The van der Waals surface area contributed by atoms with Gasteiger partial charge in [-0.15, -0.1) is 5.10 Å². The Balaban J connectivity index is 1.36. The van der Waals surface area contributed by atoms with Crippen molar-refractivity contribution in [3.05, 3.63) is 76.5 Å². The summed E-state index contributed by atoms with van der Waals surface area (Å²) in [6.45, 7) is 2.21. The van der Waals surface area contributed by atoms with Crippen molar-refractivity contribution in [1.82, 2.24) is 30.4 Å². The third-order valence-corrected chi connectivity index (χ3v) is 5.50. The first-order valence-electron chi connectivity index (χ1n) is 9.45. The van der Waals surface area contributed by atoms with Gasteiger partial charge < -0.3 is 5.32 Å². The van der Waals surface area contributed by atoms with Crippen LogP contribution in [0.25, 0.3) is 11.8 Å². The fourth-order valence-electron chi connectivity index (χ4n) is 2.96. The zero-order chi connectivity index (χ0) is 21.8. The Morgan fingerprint density at radius 2 is 1.97 bits per heavy atom. The number of thioether (sulfide) groups is 1. The molecule has 156 valence electrons. The highest BCUT2D eigenvalue weighted by atomic mass is 32.2. The molecule has 3 aromatic rings. The van der Waals surface area contributed by atoms with Crippen molar-refractivity contribution in [1.29, 1.82) is 0 Å². The lowest BCUT2D eigenvalue weighted by Crippen LogP contribution is -2.37. The molecule has 0 unspecified atom stereocenters. The minimum absolute atomic E-state index is 0.0916. The minimum atomic E-state index is -0.356. The molecule has 0 spiro atoms. The summed E-state index contributed by atoms with van der Waals surface area (Å²) in [5.74, 6) is -0.678. The van der Waals surface area contributed by atoms with Crippen LogP contribution in [-0.4, -0.2) is 55.3 Å². The van der Waals surface area contributed by atoms with Gasteiger partial charge in [-0.1, -0.05) is 35.9 Å². The standard InChI is InChI=1S/C21H18N6O3S/c1-14-5-7-15(8-6-14)11-18-20(29)26(21(30)31-18)10-9-22-19(28)16-3-2-4-17(12-16)27-13-23-24-25-27/h2-8,11-13H,9-10H2,1H3,(H,22,28)/b18-11-. The lowest BCUT2D eigenvalue weighted by atomic mass is 10.1. The van der Waals surface area contributed by atoms with Crippen LogP contribution in [0.2, 0.25) is 0 Å². The summed E-state index contributed by atoms with van der Waals surface area (Å²) < 4.78 is 1.44. The second-order valence-electron chi connectivity index (χ2n) is 6.80. The summed E-state index contributed by atoms with van der Waals surface area (Å²) in [5, 5.41) is 13.3. The number of nitrogens with zero attached hydrogens (tertiary/aromatic N) is 5. The van der Waals surface area contributed by atoms with Gasteiger partial charge in [-0.05, 0) is 59.0 Å². The Morgan fingerprint density at radius 3 is 2.71 bits per heavy atom. The molecule has 0 aliphatic carbocycles. The van der Waals surface area contributed by atoms with Gasteiger partial charge in [0.1, 0.15) is 6.33 Å². The highest BCUT2D eigenvalue weighted by Gasteiger charge is 2.34. The molecule has 10 heteroatoms. The molecular formula is C21H18N6O3S. The summed E-state index contributed by atoms with van der Waals surface area (Å²) in [6, 6.07) is 14.5. The highest BCUT2D eigenvalue weighted by Crippen LogP contribution is 2.31. The Bertz CT molecular complexity index is 1160. The molecule has 9 nitrogen and oxygen atoms in total. The van der Waals surface area contributed by atoms with Gasteiger partial charge in [0.15, 0.2) is 0 Å². The van der Waals surface area contributed by atoms with Gasteiger partial charge in [-0.25, -0.2) is 4.68 Å². The Labute approximate surface area is 182 Å². The molecule has 1 N–H and O–H groups in total. The van der Waals surface area contributed by atoms with Crippen LogP contribution in [0.5, 0.6) is 0 Å². The molecule has 0 saturated carbocycles. The molecule has 1 aromatic heterocycles. The van der Waals surface area contributed by atoms with Crippen LogP contribution in [0.1, 0.15) is 21.5 Å². The molecule has 1 aliphatic heterocycles. The number of benzene rings is 2. The van der Waals surface area contributed by atoms with Crippen LogP contribution in [0.15, 0.2) is 59.8 Å². The first kappa shape index (κ1) is 20.5. The predicted molar refractivity (Wildman–Crippen MR) is 115 cm³/mol. The van der Waals surface area contributed by atoms with Gasteiger partial charge >= 0.3 is 0 Å². The van der Waals surface area contributed by atoms with E-state index in [-0.39, 0.29) is 30.1 Å². The number of carbonyl (C=O) groups is 3. The van der Waals surface area contributed by atoms with E-state index in [2.05, 4.69) is 20.8 Å². The lowest BCUT2D eigenvalue weighted by Gasteiger charge is -2.13. The topological polar surface area (TPSA) is 110 Å². The molecule has 2 heterocycles. The van der Waals surface area contributed by atoms with Crippen molar-refractivity contribution in [2.75, 3.05) is 13.1 Å². The van der Waals surface area contributed by atoms with E-state index in [9.17, 15) is 14.4 Å². The Kier molecular flexibility index (Phi) is 5.89. The number of amides is 3. The predicted octanol–water partition coefficient (Wildman–Crippen LogP) is 2.44. The number of hydrogen-bond donors (Lipinski definition) is 1. The van der Waals surface area contributed by atoms with Gasteiger partial charge in [0.05, 0.1) is 10.6 Å². The van der Waals surface area contributed by atoms with Gasteiger partial charge in [-0.2, -0.15) is 0 Å². The summed E-state index contributed by atoms with van der Waals surface area (Å²) in [4.78, 5) is 38.8. The van der Waals surface area contributed by atoms with Crippen LogP contribution in [0.3, 0.4) is 0 Å². The molecule has 31 heavy (non-hydrogen) atoms. The maximum Gasteiger partial charge on any atom is 0.293 e. The molecule has 2 aromatic carbocycles. The van der Waals surface area contributed by atoms with Crippen molar-refractivity contribution in [2.24, 2.45) is 0 Å². The Morgan fingerprint density at radius 1 is 1.16 bits per heavy atom. The van der Waals surface area contributed by atoms with Crippen LogP contribution in [0.4, 0.5) is 4.79 Å². The second kappa shape index (κ2) is 8.92. The number of hydrogen-bond acceptors (Lipinski definition) is 7. The fourth-order valence-corrected chi connectivity index (χ4v) is 3.82. The monoisotopic (exact) mass is 434 g/mol. The number of imide groups is 1. The van der Waals surface area contributed by atoms with Crippen molar-refractivity contribution >= 4 is 34.9 Å². The maximum atomic E-state index is 12.6. The molecule has 0 bridgehead atoms. The summed E-state index contributed by atoms with van der Waals surface area (Å²) in [5.41, 5.74) is 3.03. The van der Waals surface area contributed by atoms with Crippen LogP contribution in [-0.2, 0) is 4.79 Å². The van der Waals surface area contributed by atoms with E-state index in [1.54, 1.807) is 30.3 Å². The summed E-state index contributed by atoms with van der Waals surface area (Å²) in [7, 11) is 0. The van der Waals surface area contributed by atoms with Gasteiger partial charge in [0.2, 0.25) is 0 Å². The lowest BCUT2D eigenvalue weighted by molar-refractivity contribution is -0.122. The summed E-state index contributed by atoms with van der Waals surface area (Å²) in [6.07, 6.45) is 3.13. The van der Waals surface area contributed by atoms with E-state index in [0.29, 0.717) is 16.2 Å². The molecule has 1 fully saturated rings. The molecular weight excluding hydrogens is 416 g/mol. The molecule has 1 aliphatic rings. The zero-order valence-corrected chi connectivity index (χ0v) is 17.4. The molecule has 1 saturated heterocycles. The van der Waals surface area contributed by atoms with Crippen LogP contribution < -0.4 is 5.32 Å². The third kappa shape index (κ3) is 4.69. The van der Waals surface area contributed by atoms with E-state index in [4.69, 9.17) is 0 Å². The number of aromatic nitrogens is 4. The highest BCUT2D eigenvalue weighted by molar-refractivity contribution is 8.18. The number of rotatable bonds is 6. The van der Waals surface area contributed by atoms with Crippen LogP contribution >= 0.6 is 11.8 Å². The van der Waals surface area contributed by atoms with Crippen molar-refractivity contribution in [3.8, 4) is 5.69 Å². The molecule has 0 atom stereocenters. The molecule has 4 rings (SSSR count). The first-order valence-corrected chi connectivity index (χ1v) is 10.3. The smallest absolute Gasteiger partial charge is 0.293 e. The van der Waals surface area contributed by atoms with E-state index < -0.39 is 0 Å². The average molecular weight is 434 g/mol.